The number of nitrogens with one attached hydrogen (secondary N) is 1. The number of hydrogen-bond donors (Lipinski definition) is 1. The summed E-state index contributed by atoms with van der Waals surface area (Å²) in [4.78, 5) is 13.7. The molecule has 4 aromatic rings. The SMILES string of the molecule is C[Si](C)(C)CCOCn1ccc2c(-c3cnn(C(c4nccs4)C(C#N)C4CCNC4)c3)ncnc21. The van der Waals surface area contributed by atoms with Crippen LogP contribution in [0.2, 0.25) is 25.7 Å². The van der Waals surface area contributed by atoms with Gasteiger partial charge in [0.25, 0.3) is 0 Å². The smallest absolute Gasteiger partial charge is 0.145 e. The molecule has 5 rings (SSSR count). The van der Waals surface area contributed by atoms with E-state index in [9.17, 15) is 5.26 Å². The van der Waals surface area contributed by atoms with Crippen molar-refractivity contribution in [1.29, 1.82) is 5.26 Å². The molecule has 188 valence electrons. The van der Waals surface area contributed by atoms with Crippen molar-refractivity contribution in [1.82, 2.24) is 34.6 Å². The van der Waals surface area contributed by atoms with Crippen LogP contribution >= 0.6 is 11.3 Å². The molecule has 36 heavy (non-hydrogen) atoms. The number of fused-ring (bicyclic) bond motifs is 1. The van der Waals surface area contributed by atoms with Crippen LogP contribution in [0.5, 0.6) is 0 Å². The summed E-state index contributed by atoms with van der Waals surface area (Å²) >= 11 is 1.57. The molecule has 3 unspecified atom stereocenters. The maximum Gasteiger partial charge on any atom is 0.145 e. The number of nitrogens with zero attached hydrogens (tertiary/aromatic N) is 7. The van der Waals surface area contributed by atoms with Gasteiger partial charge in [-0.2, -0.15) is 10.4 Å². The van der Waals surface area contributed by atoms with E-state index in [1.165, 1.54) is 0 Å². The number of aromatic nitrogens is 6. The molecule has 1 aliphatic rings. The van der Waals surface area contributed by atoms with Crippen LogP contribution < -0.4 is 5.32 Å². The molecule has 1 aliphatic heterocycles. The van der Waals surface area contributed by atoms with Crippen molar-refractivity contribution in [2.45, 2.75) is 44.9 Å². The molecule has 4 aromatic heterocycles. The third kappa shape index (κ3) is 5.27. The van der Waals surface area contributed by atoms with Crippen LogP contribution in [0.25, 0.3) is 22.3 Å². The first-order chi connectivity index (χ1) is 17.4. The number of thiazole rings is 1. The zero-order chi connectivity index (χ0) is 25.1. The summed E-state index contributed by atoms with van der Waals surface area (Å²) in [5, 5.41) is 22.1. The molecule has 5 heterocycles. The van der Waals surface area contributed by atoms with Gasteiger partial charge in [0.1, 0.15) is 29.8 Å². The normalized spacial score (nSPS) is 17.9. The van der Waals surface area contributed by atoms with E-state index in [4.69, 9.17) is 9.84 Å². The molecule has 1 fully saturated rings. The van der Waals surface area contributed by atoms with Crippen molar-refractivity contribution in [2.75, 3.05) is 19.7 Å². The van der Waals surface area contributed by atoms with E-state index in [1.54, 1.807) is 23.9 Å². The van der Waals surface area contributed by atoms with Gasteiger partial charge in [0, 0.05) is 49.6 Å². The lowest BCUT2D eigenvalue weighted by atomic mass is 9.86. The molecule has 0 bridgehead atoms. The highest BCUT2D eigenvalue weighted by atomic mass is 32.1. The predicted molar refractivity (Wildman–Crippen MR) is 143 cm³/mol. The Morgan fingerprint density at radius 2 is 2.19 bits per heavy atom. The fourth-order valence-electron chi connectivity index (χ4n) is 4.72. The van der Waals surface area contributed by atoms with Crippen molar-refractivity contribution in [3.63, 3.8) is 0 Å². The maximum atomic E-state index is 10.1. The van der Waals surface area contributed by atoms with Crippen molar-refractivity contribution < 1.29 is 4.74 Å². The minimum Gasteiger partial charge on any atom is -0.361 e. The van der Waals surface area contributed by atoms with Gasteiger partial charge in [0.15, 0.2) is 0 Å². The van der Waals surface area contributed by atoms with Crippen molar-refractivity contribution in [2.24, 2.45) is 11.8 Å². The zero-order valence-corrected chi connectivity index (χ0v) is 22.8. The highest BCUT2D eigenvalue weighted by Crippen LogP contribution is 2.36. The highest BCUT2D eigenvalue weighted by molar-refractivity contribution is 7.09. The molecule has 1 N–H and O–H groups in total. The van der Waals surface area contributed by atoms with Crippen LogP contribution in [0.3, 0.4) is 0 Å². The third-order valence-corrected chi connectivity index (χ3v) is 9.29. The van der Waals surface area contributed by atoms with Crippen LogP contribution in [-0.2, 0) is 11.5 Å². The molecule has 0 spiro atoms. The zero-order valence-electron chi connectivity index (χ0n) is 21.0. The molecule has 0 saturated carbocycles. The van der Waals surface area contributed by atoms with Crippen LogP contribution in [-0.4, -0.2) is 57.1 Å². The Labute approximate surface area is 216 Å². The van der Waals surface area contributed by atoms with E-state index in [0.29, 0.717) is 6.73 Å². The van der Waals surface area contributed by atoms with Gasteiger partial charge in [-0.1, -0.05) is 19.6 Å². The van der Waals surface area contributed by atoms with Crippen LogP contribution in [0.1, 0.15) is 17.5 Å². The van der Waals surface area contributed by atoms with Crippen LogP contribution in [0.4, 0.5) is 0 Å². The second-order valence-corrected chi connectivity index (χ2v) is 17.1. The summed E-state index contributed by atoms with van der Waals surface area (Å²) in [6.45, 7) is 10.1. The molecular formula is C25H32N8OSSi. The lowest BCUT2D eigenvalue weighted by molar-refractivity contribution is 0.0899. The third-order valence-electron chi connectivity index (χ3n) is 6.74. The summed E-state index contributed by atoms with van der Waals surface area (Å²) in [6.07, 6.45) is 10.2. The van der Waals surface area contributed by atoms with E-state index in [2.05, 4.69) is 46.0 Å². The molecular weight excluding hydrogens is 488 g/mol. The van der Waals surface area contributed by atoms with Crippen molar-refractivity contribution >= 4 is 30.4 Å². The Kier molecular flexibility index (Phi) is 7.29. The first-order valence-electron chi connectivity index (χ1n) is 12.4. The Bertz CT molecular complexity index is 1330. The van der Waals surface area contributed by atoms with Gasteiger partial charge in [-0.25, -0.2) is 15.0 Å². The lowest BCUT2D eigenvalue weighted by Gasteiger charge is -2.25. The van der Waals surface area contributed by atoms with Gasteiger partial charge in [0.2, 0.25) is 0 Å². The highest BCUT2D eigenvalue weighted by Gasteiger charge is 2.36. The minimum atomic E-state index is -1.13. The summed E-state index contributed by atoms with van der Waals surface area (Å²) in [5.74, 6) is 0.0380. The molecule has 0 amide bonds. The monoisotopic (exact) mass is 520 g/mol. The van der Waals surface area contributed by atoms with Gasteiger partial charge in [0.05, 0.1) is 23.9 Å². The maximum absolute atomic E-state index is 10.1. The number of hydrogen-bond acceptors (Lipinski definition) is 8. The Balaban J connectivity index is 1.42. The predicted octanol–water partition coefficient (Wildman–Crippen LogP) is 4.40. The lowest BCUT2D eigenvalue weighted by Crippen LogP contribution is -2.28. The largest absolute Gasteiger partial charge is 0.361 e. The molecule has 0 aliphatic carbocycles. The summed E-state index contributed by atoms with van der Waals surface area (Å²) in [6, 6.07) is 5.50. The average molecular weight is 521 g/mol. The number of rotatable bonds is 10. The first kappa shape index (κ1) is 24.8. The van der Waals surface area contributed by atoms with E-state index >= 15 is 0 Å². The second kappa shape index (κ2) is 10.6. The standard InChI is InChI=1S/C25H32N8OSSi/c1-36(2,3)11-9-34-17-32-8-5-20-22(29-16-30-24(20)32)19-14-31-33(15-19)23(25-28-7-10-35-25)21(12-26)18-4-6-27-13-18/h5,7-8,10,14-16,18,21,23,27H,4,6,9,11,13,17H2,1-3H3. The molecule has 0 aromatic carbocycles. The summed E-state index contributed by atoms with van der Waals surface area (Å²) in [5.41, 5.74) is 2.55. The average Bonchev–Trinajstić information content (AvgIpc) is 3.67. The number of ether oxygens (including phenoxy) is 1. The first-order valence-corrected chi connectivity index (χ1v) is 16.9. The van der Waals surface area contributed by atoms with Crippen molar-refractivity contribution in [3.8, 4) is 17.3 Å². The molecule has 3 atom stereocenters. The van der Waals surface area contributed by atoms with E-state index < -0.39 is 8.07 Å². The quantitative estimate of drug-likeness (QED) is 0.244. The van der Waals surface area contributed by atoms with Crippen LogP contribution in [0.15, 0.2) is 42.6 Å². The van der Waals surface area contributed by atoms with Gasteiger partial charge in [-0.05, 0) is 37.5 Å². The van der Waals surface area contributed by atoms with E-state index in [-0.39, 0.29) is 17.9 Å². The molecule has 1 saturated heterocycles. The Morgan fingerprint density at radius 3 is 2.92 bits per heavy atom. The van der Waals surface area contributed by atoms with Crippen molar-refractivity contribution in [3.05, 3.63) is 47.6 Å². The van der Waals surface area contributed by atoms with E-state index in [0.717, 1.165) is 59.5 Å². The topological polar surface area (TPSA) is 106 Å². The minimum absolute atomic E-state index is 0.223. The fraction of sp³-hybridized carbons (Fsp3) is 0.480. The molecule has 11 heteroatoms. The van der Waals surface area contributed by atoms with Gasteiger partial charge < -0.3 is 14.6 Å². The Hall–Kier alpha value is -2.91. The summed E-state index contributed by atoms with van der Waals surface area (Å²) in [7, 11) is -1.13. The molecule has 0 radical (unpaired) electrons. The van der Waals surface area contributed by atoms with Crippen LogP contribution in [0, 0.1) is 23.2 Å². The second-order valence-electron chi connectivity index (χ2n) is 10.5. The molecule has 9 nitrogen and oxygen atoms in total. The van der Waals surface area contributed by atoms with E-state index in [1.807, 2.05) is 39.3 Å². The summed E-state index contributed by atoms with van der Waals surface area (Å²) < 4.78 is 9.87. The number of nitriles is 1. The van der Waals surface area contributed by atoms with Gasteiger partial charge in [-0.3, -0.25) is 4.68 Å². The Morgan fingerprint density at radius 1 is 1.31 bits per heavy atom. The fourth-order valence-corrected chi connectivity index (χ4v) is 6.25. The van der Waals surface area contributed by atoms with Gasteiger partial charge >= 0.3 is 0 Å². The van der Waals surface area contributed by atoms with Gasteiger partial charge in [-0.15, -0.1) is 11.3 Å².